The Morgan fingerprint density at radius 3 is 2.65 bits per heavy atom. The van der Waals surface area contributed by atoms with Gasteiger partial charge in [0.15, 0.2) is 5.82 Å². The van der Waals surface area contributed by atoms with Crippen LogP contribution in [0.2, 0.25) is 0 Å². The summed E-state index contributed by atoms with van der Waals surface area (Å²) in [5.74, 6) is 0.559. The van der Waals surface area contributed by atoms with Gasteiger partial charge in [-0.2, -0.15) is 0 Å². The molecule has 3 N–H and O–H groups in total. The zero-order valence-corrected chi connectivity index (χ0v) is 10.5. The molecule has 0 spiro atoms. The van der Waals surface area contributed by atoms with Crippen molar-refractivity contribution in [3.8, 4) is 0 Å². The molecular weight excluding hydrogens is 218 g/mol. The Balaban J connectivity index is 3.04. The van der Waals surface area contributed by atoms with Gasteiger partial charge in [-0.25, -0.2) is 9.97 Å². The molecule has 0 amide bonds. The lowest BCUT2D eigenvalue weighted by atomic mass is 10.2. The molecule has 17 heavy (non-hydrogen) atoms. The number of methoxy groups -OCH3 is 1. The molecule has 94 valence electrons. The lowest BCUT2D eigenvalue weighted by molar-refractivity contribution is 0.203. The molecule has 0 aliphatic rings. The van der Waals surface area contributed by atoms with E-state index < -0.39 is 0 Å². The third-order valence-electron chi connectivity index (χ3n) is 2.37. The Labute approximate surface area is 101 Å². The molecule has 1 aromatic heterocycles. The Morgan fingerprint density at radius 1 is 1.47 bits per heavy atom. The van der Waals surface area contributed by atoms with Gasteiger partial charge in [-0.1, -0.05) is 0 Å². The van der Waals surface area contributed by atoms with Gasteiger partial charge in [0.05, 0.1) is 6.61 Å². The normalized spacial score (nSPS) is 10.6. The van der Waals surface area contributed by atoms with Crippen LogP contribution in [-0.4, -0.2) is 42.1 Å². The van der Waals surface area contributed by atoms with Crippen molar-refractivity contribution in [3.05, 3.63) is 18.1 Å². The van der Waals surface area contributed by atoms with Crippen LogP contribution in [0.3, 0.4) is 0 Å². The zero-order chi connectivity index (χ0) is 12.8. The third-order valence-corrected chi connectivity index (χ3v) is 2.37. The summed E-state index contributed by atoms with van der Waals surface area (Å²) in [4.78, 5) is 10.4. The first kappa shape index (κ1) is 13.4. The maximum Gasteiger partial charge on any atom is 0.158 e. The van der Waals surface area contributed by atoms with Gasteiger partial charge in [-0.15, -0.1) is 0 Å². The van der Waals surface area contributed by atoms with Gasteiger partial charge < -0.3 is 15.4 Å². The van der Waals surface area contributed by atoms with Crippen LogP contribution >= 0.6 is 0 Å². The average Bonchev–Trinajstić information content (AvgIpc) is 2.29. The number of aromatic nitrogens is 2. The highest BCUT2D eigenvalue weighted by atomic mass is 16.5. The van der Waals surface area contributed by atoms with Crippen molar-refractivity contribution < 1.29 is 4.74 Å². The van der Waals surface area contributed by atoms with Gasteiger partial charge in [-0.3, -0.25) is 5.41 Å². The molecule has 1 rings (SSSR count). The summed E-state index contributed by atoms with van der Waals surface area (Å²) in [5, 5.41) is 7.50. The monoisotopic (exact) mass is 237 g/mol. The lowest BCUT2D eigenvalue weighted by Crippen LogP contribution is -2.36. The van der Waals surface area contributed by atoms with E-state index >= 15 is 0 Å². The van der Waals surface area contributed by atoms with E-state index in [4.69, 9.17) is 15.9 Å². The van der Waals surface area contributed by atoms with Crippen LogP contribution < -0.4 is 10.6 Å². The quantitative estimate of drug-likeness (QED) is 0.559. The van der Waals surface area contributed by atoms with E-state index in [9.17, 15) is 0 Å². The Kier molecular flexibility index (Phi) is 4.84. The Hall–Kier alpha value is -1.69. The number of nitrogens with zero attached hydrogens (tertiary/aromatic N) is 3. The molecule has 6 nitrogen and oxygen atoms in total. The molecule has 0 saturated carbocycles. The van der Waals surface area contributed by atoms with Crippen molar-refractivity contribution in [1.82, 2.24) is 9.97 Å². The largest absolute Gasteiger partial charge is 0.383 e. The SMILES string of the molecule is COCCN(c1nccnc1C(=N)N)C(C)C. The highest BCUT2D eigenvalue weighted by Crippen LogP contribution is 2.16. The Bertz CT molecular complexity index is 380. The molecule has 0 saturated heterocycles. The minimum absolute atomic E-state index is 0.0730. The second-order valence-corrected chi connectivity index (χ2v) is 3.92. The van der Waals surface area contributed by atoms with Crippen molar-refractivity contribution >= 4 is 11.7 Å². The van der Waals surface area contributed by atoms with Gasteiger partial charge >= 0.3 is 0 Å². The van der Waals surface area contributed by atoms with E-state index in [0.29, 0.717) is 24.7 Å². The molecule has 0 radical (unpaired) electrons. The fraction of sp³-hybridized carbons (Fsp3) is 0.545. The molecule has 1 aromatic rings. The van der Waals surface area contributed by atoms with E-state index in [0.717, 1.165) is 0 Å². The van der Waals surface area contributed by atoms with E-state index in [1.165, 1.54) is 6.20 Å². The maximum atomic E-state index is 7.50. The molecule has 0 unspecified atom stereocenters. The van der Waals surface area contributed by atoms with Crippen LogP contribution in [0.15, 0.2) is 12.4 Å². The summed E-state index contributed by atoms with van der Waals surface area (Å²) in [6.07, 6.45) is 3.14. The minimum Gasteiger partial charge on any atom is -0.383 e. The molecule has 0 bridgehead atoms. The van der Waals surface area contributed by atoms with Gasteiger partial charge in [0.1, 0.15) is 11.5 Å². The predicted octanol–water partition coefficient (Wildman–Crippen LogP) is 0.622. The van der Waals surface area contributed by atoms with Crippen LogP contribution in [0.25, 0.3) is 0 Å². The standard InChI is InChI=1S/C11H19N5O/c1-8(2)16(6-7-17-3)11-9(10(12)13)14-4-5-15-11/h4-5,8H,6-7H2,1-3H3,(H3,12,13). The van der Waals surface area contributed by atoms with Gasteiger partial charge in [-0.05, 0) is 13.8 Å². The first-order valence-corrected chi connectivity index (χ1v) is 5.49. The first-order chi connectivity index (χ1) is 8.07. The molecule has 0 aliphatic carbocycles. The first-order valence-electron chi connectivity index (χ1n) is 5.49. The highest BCUT2D eigenvalue weighted by molar-refractivity contribution is 5.97. The molecule has 0 aliphatic heterocycles. The predicted molar refractivity (Wildman–Crippen MR) is 67.4 cm³/mol. The molecular formula is C11H19N5O. The Morgan fingerprint density at radius 2 is 2.12 bits per heavy atom. The topological polar surface area (TPSA) is 88.1 Å². The maximum absolute atomic E-state index is 7.50. The fourth-order valence-electron chi connectivity index (χ4n) is 1.53. The fourth-order valence-corrected chi connectivity index (χ4v) is 1.53. The van der Waals surface area contributed by atoms with Crippen LogP contribution in [0, 0.1) is 5.41 Å². The molecule has 0 atom stereocenters. The van der Waals surface area contributed by atoms with E-state index in [-0.39, 0.29) is 11.9 Å². The van der Waals surface area contributed by atoms with E-state index in [2.05, 4.69) is 9.97 Å². The van der Waals surface area contributed by atoms with Crippen LogP contribution in [0.5, 0.6) is 0 Å². The van der Waals surface area contributed by atoms with Crippen molar-refractivity contribution in [2.45, 2.75) is 19.9 Å². The summed E-state index contributed by atoms with van der Waals surface area (Å²) in [5.41, 5.74) is 5.92. The minimum atomic E-state index is -0.0730. The number of hydrogen-bond acceptors (Lipinski definition) is 5. The summed E-state index contributed by atoms with van der Waals surface area (Å²) in [7, 11) is 1.65. The van der Waals surface area contributed by atoms with Crippen molar-refractivity contribution in [2.24, 2.45) is 5.73 Å². The number of nitrogens with one attached hydrogen (secondary N) is 1. The van der Waals surface area contributed by atoms with E-state index in [1.54, 1.807) is 13.3 Å². The average molecular weight is 237 g/mol. The van der Waals surface area contributed by atoms with Gasteiger partial charge in [0, 0.05) is 32.1 Å². The smallest absolute Gasteiger partial charge is 0.158 e. The van der Waals surface area contributed by atoms with Crippen LogP contribution in [0.4, 0.5) is 5.82 Å². The summed E-state index contributed by atoms with van der Waals surface area (Å²) in [6.45, 7) is 5.38. The second kappa shape index (κ2) is 6.15. The zero-order valence-electron chi connectivity index (χ0n) is 10.5. The highest BCUT2D eigenvalue weighted by Gasteiger charge is 2.17. The molecule has 0 fully saturated rings. The van der Waals surface area contributed by atoms with Crippen molar-refractivity contribution in [2.75, 3.05) is 25.2 Å². The number of nitrogen functional groups attached to an aromatic ring is 1. The number of amidine groups is 1. The summed E-state index contributed by atoms with van der Waals surface area (Å²) in [6, 6.07) is 0.236. The number of anilines is 1. The molecule has 1 heterocycles. The number of hydrogen-bond donors (Lipinski definition) is 2. The lowest BCUT2D eigenvalue weighted by Gasteiger charge is -2.28. The third kappa shape index (κ3) is 3.39. The molecule has 0 aromatic carbocycles. The second-order valence-electron chi connectivity index (χ2n) is 3.92. The summed E-state index contributed by atoms with van der Waals surface area (Å²) >= 11 is 0. The van der Waals surface area contributed by atoms with Crippen LogP contribution in [-0.2, 0) is 4.74 Å². The van der Waals surface area contributed by atoms with Gasteiger partial charge in [0.2, 0.25) is 0 Å². The van der Waals surface area contributed by atoms with Crippen LogP contribution in [0.1, 0.15) is 19.5 Å². The number of nitrogens with two attached hydrogens (primary N) is 1. The van der Waals surface area contributed by atoms with Crippen molar-refractivity contribution in [1.29, 1.82) is 5.41 Å². The van der Waals surface area contributed by atoms with E-state index in [1.807, 2.05) is 18.7 Å². The van der Waals surface area contributed by atoms with Crippen molar-refractivity contribution in [3.63, 3.8) is 0 Å². The summed E-state index contributed by atoms with van der Waals surface area (Å²) < 4.78 is 5.07. The molecule has 6 heteroatoms. The van der Waals surface area contributed by atoms with Gasteiger partial charge in [0.25, 0.3) is 0 Å². The number of ether oxygens (including phenoxy) is 1. The number of rotatable bonds is 6.